The fourth-order valence-corrected chi connectivity index (χ4v) is 2.17. The van der Waals surface area contributed by atoms with Crippen LogP contribution in [0.2, 0.25) is 10.0 Å². The van der Waals surface area contributed by atoms with Crippen molar-refractivity contribution < 1.29 is 14.1 Å². The third-order valence-electron chi connectivity index (χ3n) is 2.80. The van der Waals surface area contributed by atoms with Gasteiger partial charge in [0, 0.05) is 28.3 Å². The second-order valence-corrected chi connectivity index (χ2v) is 5.25. The molecule has 0 saturated heterocycles. The van der Waals surface area contributed by atoms with Crippen LogP contribution in [0.1, 0.15) is 5.56 Å². The number of carbonyl (C=O) groups excluding carboxylic acids is 1. The second kappa shape index (κ2) is 7.21. The Kier molecular flexibility index (Phi) is 5.31. The number of nitrogens with one attached hydrogen (secondary N) is 1. The number of carbonyl (C=O) groups is 1. The van der Waals surface area contributed by atoms with Crippen LogP contribution >= 0.6 is 23.2 Å². The van der Waals surface area contributed by atoms with Crippen molar-refractivity contribution in [1.29, 1.82) is 0 Å². The maximum absolute atomic E-state index is 13.6. The molecule has 0 aliphatic rings. The molecular formula is C15H9Cl2FN2O3. The van der Waals surface area contributed by atoms with Gasteiger partial charge in [-0.2, -0.15) is 0 Å². The third kappa shape index (κ3) is 4.51. The molecule has 2 aromatic carbocycles. The normalized spacial score (nSPS) is 10.7. The first kappa shape index (κ1) is 16.9. The van der Waals surface area contributed by atoms with Crippen molar-refractivity contribution >= 4 is 46.6 Å². The summed E-state index contributed by atoms with van der Waals surface area (Å²) in [7, 11) is 0. The SMILES string of the molecule is O=C(/C=C/c1ccc(Cl)cc1Cl)Nc1cc([N+](=O)[O-])ccc1F. The van der Waals surface area contributed by atoms with E-state index in [1.54, 1.807) is 12.1 Å². The average molecular weight is 355 g/mol. The number of non-ortho nitro benzene ring substituents is 1. The van der Waals surface area contributed by atoms with Crippen molar-refractivity contribution in [2.75, 3.05) is 5.32 Å². The summed E-state index contributed by atoms with van der Waals surface area (Å²) in [6.45, 7) is 0. The lowest BCUT2D eigenvalue weighted by molar-refractivity contribution is -0.384. The lowest BCUT2D eigenvalue weighted by Crippen LogP contribution is -2.09. The molecule has 1 N–H and O–H groups in total. The second-order valence-electron chi connectivity index (χ2n) is 4.41. The van der Waals surface area contributed by atoms with Crippen LogP contribution in [0, 0.1) is 15.9 Å². The Labute approximate surface area is 140 Å². The maximum atomic E-state index is 13.6. The monoisotopic (exact) mass is 354 g/mol. The summed E-state index contributed by atoms with van der Waals surface area (Å²) >= 11 is 11.7. The molecule has 0 aliphatic heterocycles. The van der Waals surface area contributed by atoms with Crippen molar-refractivity contribution in [2.45, 2.75) is 0 Å². The molecule has 8 heteroatoms. The van der Waals surface area contributed by atoms with Gasteiger partial charge in [-0.15, -0.1) is 0 Å². The first-order valence-electron chi connectivity index (χ1n) is 6.25. The molecule has 0 atom stereocenters. The zero-order valence-electron chi connectivity index (χ0n) is 11.4. The lowest BCUT2D eigenvalue weighted by atomic mass is 10.2. The molecule has 0 bridgehead atoms. The number of hydrogen-bond acceptors (Lipinski definition) is 3. The Morgan fingerprint density at radius 3 is 2.61 bits per heavy atom. The first-order chi connectivity index (χ1) is 10.9. The van der Waals surface area contributed by atoms with E-state index in [-0.39, 0.29) is 11.4 Å². The highest BCUT2D eigenvalue weighted by Crippen LogP contribution is 2.23. The van der Waals surface area contributed by atoms with Gasteiger partial charge in [-0.25, -0.2) is 4.39 Å². The van der Waals surface area contributed by atoms with E-state index in [1.165, 1.54) is 12.1 Å². The highest BCUT2D eigenvalue weighted by molar-refractivity contribution is 6.35. The van der Waals surface area contributed by atoms with Crippen molar-refractivity contribution in [3.05, 3.63) is 74.0 Å². The quantitative estimate of drug-likeness (QED) is 0.491. The van der Waals surface area contributed by atoms with E-state index in [4.69, 9.17) is 23.2 Å². The molecule has 0 unspecified atom stereocenters. The van der Waals surface area contributed by atoms with Crippen LogP contribution in [-0.4, -0.2) is 10.8 Å². The third-order valence-corrected chi connectivity index (χ3v) is 3.36. The molecule has 0 aliphatic carbocycles. The number of rotatable bonds is 4. The predicted octanol–water partition coefficient (Wildman–Crippen LogP) is 4.69. The summed E-state index contributed by atoms with van der Waals surface area (Å²) in [4.78, 5) is 21.8. The van der Waals surface area contributed by atoms with E-state index in [9.17, 15) is 19.3 Å². The van der Waals surface area contributed by atoms with Crippen LogP contribution in [-0.2, 0) is 4.79 Å². The van der Waals surface area contributed by atoms with E-state index < -0.39 is 16.6 Å². The minimum absolute atomic E-state index is 0.281. The number of nitro benzene ring substituents is 1. The number of anilines is 1. The first-order valence-corrected chi connectivity index (χ1v) is 7.00. The van der Waals surface area contributed by atoms with E-state index in [0.717, 1.165) is 24.3 Å². The Morgan fingerprint density at radius 1 is 1.22 bits per heavy atom. The fourth-order valence-electron chi connectivity index (χ4n) is 1.70. The number of nitrogens with zero attached hydrogens (tertiary/aromatic N) is 1. The Bertz CT molecular complexity index is 809. The standard InChI is InChI=1S/C15H9Cl2FN2O3/c16-10-3-1-9(12(17)7-10)2-6-15(21)19-14-8-11(20(22)23)4-5-13(14)18/h1-8H,(H,19,21)/b6-2+. The van der Waals surface area contributed by atoms with Crippen molar-refractivity contribution in [3.8, 4) is 0 Å². The van der Waals surface area contributed by atoms with Gasteiger partial charge in [0.2, 0.25) is 5.91 Å². The minimum atomic E-state index is -0.776. The Morgan fingerprint density at radius 2 is 1.96 bits per heavy atom. The zero-order chi connectivity index (χ0) is 17.0. The maximum Gasteiger partial charge on any atom is 0.271 e. The molecular weight excluding hydrogens is 346 g/mol. The van der Waals surface area contributed by atoms with Crippen LogP contribution in [0.4, 0.5) is 15.8 Å². The molecule has 5 nitrogen and oxygen atoms in total. The fraction of sp³-hybridized carbons (Fsp3) is 0. The number of nitro groups is 1. The number of amides is 1. The molecule has 23 heavy (non-hydrogen) atoms. The van der Waals surface area contributed by atoms with Crippen molar-refractivity contribution in [2.24, 2.45) is 0 Å². The number of halogens is 3. The van der Waals surface area contributed by atoms with Gasteiger partial charge in [0.1, 0.15) is 5.82 Å². The molecule has 0 aromatic heterocycles. The summed E-state index contributed by atoms with van der Waals surface area (Å²) in [5.41, 5.74) is -0.0618. The summed E-state index contributed by atoms with van der Waals surface area (Å²) in [5.74, 6) is -1.43. The van der Waals surface area contributed by atoms with Gasteiger partial charge in [0.25, 0.3) is 5.69 Å². The van der Waals surface area contributed by atoms with Crippen LogP contribution in [0.3, 0.4) is 0 Å². The smallest absolute Gasteiger partial charge is 0.271 e. The van der Waals surface area contributed by atoms with Crippen LogP contribution < -0.4 is 5.32 Å². The Balaban J connectivity index is 2.14. The van der Waals surface area contributed by atoms with Gasteiger partial charge >= 0.3 is 0 Å². The minimum Gasteiger partial charge on any atom is -0.320 e. The molecule has 0 heterocycles. The van der Waals surface area contributed by atoms with Crippen LogP contribution in [0.5, 0.6) is 0 Å². The molecule has 1 amide bonds. The van der Waals surface area contributed by atoms with Gasteiger partial charge < -0.3 is 5.32 Å². The van der Waals surface area contributed by atoms with Gasteiger partial charge in [-0.1, -0.05) is 29.3 Å². The lowest BCUT2D eigenvalue weighted by Gasteiger charge is -2.04. The van der Waals surface area contributed by atoms with E-state index >= 15 is 0 Å². The number of hydrogen-bond donors (Lipinski definition) is 1. The summed E-state index contributed by atoms with van der Waals surface area (Å²) in [5, 5.41) is 13.7. The molecule has 0 saturated carbocycles. The summed E-state index contributed by atoms with van der Waals surface area (Å²) in [6, 6.07) is 7.59. The van der Waals surface area contributed by atoms with Gasteiger partial charge in [0.15, 0.2) is 0 Å². The Hall–Kier alpha value is -2.44. The highest BCUT2D eigenvalue weighted by Gasteiger charge is 2.12. The number of benzene rings is 2. The molecule has 2 rings (SSSR count). The van der Waals surface area contributed by atoms with E-state index in [2.05, 4.69) is 5.32 Å². The van der Waals surface area contributed by atoms with Gasteiger partial charge in [-0.05, 0) is 29.8 Å². The molecule has 0 radical (unpaired) electrons. The van der Waals surface area contributed by atoms with E-state index in [0.29, 0.717) is 15.6 Å². The summed E-state index contributed by atoms with van der Waals surface area (Å²) < 4.78 is 13.6. The topological polar surface area (TPSA) is 72.2 Å². The van der Waals surface area contributed by atoms with Gasteiger partial charge in [0.05, 0.1) is 10.6 Å². The highest BCUT2D eigenvalue weighted by atomic mass is 35.5. The predicted molar refractivity (Wildman–Crippen MR) is 87.2 cm³/mol. The largest absolute Gasteiger partial charge is 0.320 e. The van der Waals surface area contributed by atoms with Crippen molar-refractivity contribution in [3.63, 3.8) is 0 Å². The average Bonchev–Trinajstić information content (AvgIpc) is 2.48. The summed E-state index contributed by atoms with van der Waals surface area (Å²) in [6.07, 6.45) is 2.55. The van der Waals surface area contributed by atoms with Gasteiger partial charge in [-0.3, -0.25) is 14.9 Å². The van der Waals surface area contributed by atoms with Crippen LogP contribution in [0.15, 0.2) is 42.5 Å². The zero-order valence-corrected chi connectivity index (χ0v) is 12.9. The van der Waals surface area contributed by atoms with Crippen molar-refractivity contribution in [1.82, 2.24) is 0 Å². The van der Waals surface area contributed by atoms with E-state index in [1.807, 2.05) is 0 Å². The van der Waals surface area contributed by atoms with Crippen LogP contribution in [0.25, 0.3) is 6.08 Å². The molecule has 2 aromatic rings. The molecule has 0 spiro atoms. The molecule has 118 valence electrons. The molecule has 0 fully saturated rings.